The van der Waals surface area contributed by atoms with Crippen molar-refractivity contribution < 1.29 is 4.79 Å². The van der Waals surface area contributed by atoms with Gasteiger partial charge < -0.3 is 10.2 Å². The predicted octanol–water partition coefficient (Wildman–Crippen LogP) is 4.60. The second-order valence-corrected chi connectivity index (χ2v) is 10.5. The number of hydrogen-bond acceptors (Lipinski definition) is 6. The van der Waals surface area contributed by atoms with E-state index in [2.05, 4.69) is 59.3 Å². The van der Waals surface area contributed by atoms with Gasteiger partial charge in [-0.2, -0.15) is 0 Å². The number of aromatic nitrogens is 2. The normalized spacial score (nSPS) is 16.3. The molecule has 2 heterocycles. The van der Waals surface area contributed by atoms with Crippen molar-refractivity contribution in [2.24, 2.45) is 0 Å². The van der Waals surface area contributed by atoms with Crippen LogP contribution in [0.5, 0.6) is 0 Å². The largest absolute Gasteiger partial charge is 0.354 e. The predicted molar refractivity (Wildman–Crippen MR) is 142 cm³/mol. The summed E-state index contributed by atoms with van der Waals surface area (Å²) in [6.07, 6.45) is 2.20. The van der Waals surface area contributed by atoms with Crippen molar-refractivity contribution in [3.05, 3.63) is 82.5 Å². The molecule has 0 bridgehead atoms. The fraction of sp³-hybridized carbons (Fsp3) is 0.393. The summed E-state index contributed by atoms with van der Waals surface area (Å²) in [6, 6.07) is 18.9. The monoisotopic (exact) mass is 487 g/mol. The van der Waals surface area contributed by atoms with Gasteiger partial charge in [-0.15, -0.1) is 0 Å². The Morgan fingerprint density at radius 2 is 1.66 bits per heavy atom. The summed E-state index contributed by atoms with van der Waals surface area (Å²) in [5, 5.41) is 3.85. The van der Waals surface area contributed by atoms with Gasteiger partial charge in [0, 0.05) is 61.3 Å². The van der Waals surface area contributed by atoms with Crippen molar-refractivity contribution in [1.29, 1.82) is 0 Å². The number of nitrogens with one attached hydrogen (secondary N) is 1. The van der Waals surface area contributed by atoms with E-state index >= 15 is 0 Å². The molecule has 1 amide bonds. The number of aryl methyl sites for hydroxylation is 1. The molecule has 7 heteroatoms. The molecule has 0 spiro atoms. The molecule has 2 fully saturated rings. The minimum absolute atomic E-state index is 0.0257. The number of hydrogen-bond donors (Lipinski definition) is 1. The van der Waals surface area contributed by atoms with Crippen molar-refractivity contribution in [2.75, 3.05) is 31.1 Å². The molecule has 182 valence electrons. The lowest BCUT2D eigenvalue weighted by atomic mass is 10.1. The lowest BCUT2D eigenvalue weighted by Gasteiger charge is -2.36. The quantitative estimate of drug-likeness (QED) is 0.370. The van der Waals surface area contributed by atoms with E-state index in [4.69, 9.17) is 9.97 Å². The highest BCUT2D eigenvalue weighted by Crippen LogP contribution is 2.27. The van der Waals surface area contributed by atoms with E-state index in [1.54, 1.807) is 11.8 Å². The van der Waals surface area contributed by atoms with E-state index in [0.717, 1.165) is 84.7 Å². The molecular weight excluding hydrogens is 454 g/mol. The van der Waals surface area contributed by atoms with E-state index in [1.165, 1.54) is 5.56 Å². The SMILES string of the molecule is Cc1nc(SCc2ccc(C(=O)NC3CC3)cc2)nc(N2CCN(Cc3ccccc3)CC2)c1C. The third-order valence-electron chi connectivity index (χ3n) is 6.76. The maximum atomic E-state index is 12.2. The number of carbonyl (C=O) groups is 1. The van der Waals surface area contributed by atoms with Crippen molar-refractivity contribution in [1.82, 2.24) is 20.2 Å². The van der Waals surface area contributed by atoms with E-state index in [-0.39, 0.29) is 5.91 Å². The number of nitrogens with zero attached hydrogens (tertiary/aromatic N) is 4. The Morgan fingerprint density at radius 3 is 2.34 bits per heavy atom. The molecule has 1 aromatic heterocycles. The summed E-state index contributed by atoms with van der Waals surface area (Å²) in [4.78, 5) is 26.8. The first-order valence-electron chi connectivity index (χ1n) is 12.4. The minimum Gasteiger partial charge on any atom is -0.354 e. The summed E-state index contributed by atoms with van der Waals surface area (Å²) in [7, 11) is 0. The van der Waals surface area contributed by atoms with Crippen LogP contribution in [0.15, 0.2) is 59.8 Å². The molecule has 1 saturated heterocycles. The molecule has 0 radical (unpaired) electrons. The van der Waals surface area contributed by atoms with E-state index < -0.39 is 0 Å². The lowest BCUT2D eigenvalue weighted by Crippen LogP contribution is -2.46. The molecule has 3 aromatic rings. The van der Waals surface area contributed by atoms with E-state index in [1.807, 2.05) is 24.3 Å². The van der Waals surface area contributed by atoms with Crippen LogP contribution in [0.2, 0.25) is 0 Å². The number of thioether (sulfide) groups is 1. The summed E-state index contributed by atoms with van der Waals surface area (Å²) >= 11 is 1.65. The summed E-state index contributed by atoms with van der Waals surface area (Å²) < 4.78 is 0. The Hall–Kier alpha value is -2.90. The van der Waals surface area contributed by atoms with E-state index in [9.17, 15) is 4.79 Å². The Morgan fingerprint density at radius 1 is 0.943 bits per heavy atom. The first-order valence-corrected chi connectivity index (χ1v) is 13.4. The van der Waals surface area contributed by atoms with Crippen LogP contribution in [0.1, 0.15) is 45.6 Å². The van der Waals surface area contributed by atoms with Crippen LogP contribution in [-0.2, 0) is 12.3 Å². The Balaban J connectivity index is 1.18. The van der Waals surface area contributed by atoms with Gasteiger partial charge >= 0.3 is 0 Å². The first-order chi connectivity index (χ1) is 17.0. The molecule has 1 saturated carbocycles. The molecule has 5 rings (SSSR count). The molecule has 2 aliphatic rings. The van der Waals surface area contributed by atoms with Crippen LogP contribution in [0, 0.1) is 13.8 Å². The number of piperazine rings is 1. The second kappa shape index (κ2) is 10.8. The highest BCUT2D eigenvalue weighted by molar-refractivity contribution is 7.98. The van der Waals surface area contributed by atoms with Crippen molar-refractivity contribution in [3.8, 4) is 0 Å². The molecule has 2 aromatic carbocycles. The van der Waals surface area contributed by atoms with Crippen molar-refractivity contribution >= 4 is 23.5 Å². The van der Waals surface area contributed by atoms with Crippen LogP contribution in [-0.4, -0.2) is 53.0 Å². The third kappa shape index (κ3) is 6.21. The lowest BCUT2D eigenvalue weighted by molar-refractivity contribution is 0.0951. The standard InChI is InChI=1S/C28H33N5OS/c1-20-21(2)29-28(35-19-23-8-10-24(11-9-23)27(34)30-25-12-13-25)31-26(20)33-16-14-32(15-17-33)18-22-6-4-3-5-7-22/h3-11,25H,12-19H2,1-2H3,(H,30,34). The molecule has 0 atom stereocenters. The summed E-state index contributed by atoms with van der Waals surface area (Å²) in [5.41, 5.74) is 5.45. The molecule has 6 nitrogen and oxygen atoms in total. The van der Waals surface area contributed by atoms with Crippen LogP contribution in [0.3, 0.4) is 0 Å². The van der Waals surface area contributed by atoms with E-state index in [0.29, 0.717) is 6.04 Å². The molecule has 35 heavy (non-hydrogen) atoms. The minimum atomic E-state index is 0.0257. The summed E-state index contributed by atoms with van der Waals surface area (Å²) in [6.45, 7) is 9.20. The zero-order chi connectivity index (χ0) is 24.2. The zero-order valence-electron chi connectivity index (χ0n) is 20.5. The Bertz CT molecular complexity index is 1160. The van der Waals surface area contributed by atoms with Gasteiger partial charge in [-0.25, -0.2) is 9.97 Å². The Kier molecular flexibility index (Phi) is 7.35. The number of rotatable bonds is 8. The maximum absolute atomic E-state index is 12.2. The van der Waals surface area contributed by atoms with Gasteiger partial charge in [0.15, 0.2) is 5.16 Å². The van der Waals surface area contributed by atoms with Crippen LogP contribution < -0.4 is 10.2 Å². The molecule has 1 N–H and O–H groups in total. The van der Waals surface area contributed by atoms with Crippen molar-refractivity contribution in [3.63, 3.8) is 0 Å². The zero-order valence-corrected chi connectivity index (χ0v) is 21.4. The topological polar surface area (TPSA) is 61.4 Å². The number of benzene rings is 2. The van der Waals surface area contributed by atoms with Gasteiger partial charge in [0.2, 0.25) is 0 Å². The maximum Gasteiger partial charge on any atom is 0.251 e. The van der Waals surface area contributed by atoms with Crippen LogP contribution >= 0.6 is 11.8 Å². The smallest absolute Gasteiger partial charge is 0.251 e. The number of carbonyl (C=O) groups excluding carboxylic acids is 1. The Labute approximate surface area is 212 Å². The fourth-order valence-corrected chi connectivity index (χ4v) is 5.16. The second-order valence-electron chi connectivity index (χ2n) is 9.52. The molecule has 1 aliphatic carbocycles. The first kappa shape index (κ1) is 23.8. The summed E-state index contributed by atoms with van der Waals surface area (Å²) in [5.74, 6) is 1.86. The highest BCUT2D eigenvalue weighted by Gasteiger charge is 2.24. The average molecular weight is 488 g/mol. The van der Waals surface area contributed by atoms with Gasteiger partial charge in [0.05, 0.1) is 0 Å². The fourth-order valence-electron chi connectivity index (χ4n) is 4.32. The van der Waals surface area contributed by atoms with Gasteiger partial charge in [-0.3, -0.25) is 9.69 Å². The molecule has 1 aliphatic heterocycles. The number of amides is 1. The number of anilines is 1. The van der Waals surface area contributed by atoms with Crippen molar-refractivity contribution in [2.45, 2.75) is 50.2 Å². The van der Waals surface area contributed by atoms with Gasteiger partial charge in [-0.05, 0) is 49.9 Å². The molecular formula is C28H33N5OS. The molecule has 0 unspecified atom stereocenters. The van der Waals surface area contributed by atoms with Gasteiger partial charge in [0.25, 0.3) is 5.91 Å². The van der Waals surface area contributed by atoms with Crippen LogP contribution in [0.4, 0.5) is 5.82 Å². The van der Waals surface area contributed by atoms with Gasteiger partial charge in [-0.1, -0.05) is 54.2 Å². The van der Waals surface area contributed by atoms with Crippen LogP contribution in [0.25, 0.3) is 0 Å². The average Bonchev–Trinajstić information content (AvgIpc) is 3.70. The third-order valence-corrected chi connectivity index (χ3v) is 7.68. The highest BCUT2D eigenvalue weighted by atomic mass is 32.2. The van der Waals surface area contributed by atoms with Gasteiger partial charge in [0.1, 0.15) is 5.82 Å².